The van der Waals surface area contributed by atoms with Crippen LogP contribution in [0.4, 0.5) is 0 Å². The van der Waals surface area contributed by atoms with E-state index in [2.05, 4.69) is 14.5 Å². The van der Waals surface area contributed by atoms with Gasteiger partial charge in [-0.2, -0.15) is 0 Å². The van der Waals surface area contributed by atoms with E-state index in [0.29, 0.717) is 31.3 Å². The van der Waals surface area contributed by atoms with E-state index in [-0.39, 0.29) is 5.91 Å². The minimum Gasteiger partial charge on any atom is -0.383 e. The lowest BCUT2D eigenvalue weighted by Gasteiger charge is -2.33. The van der Waals surface area contributed by atoms with Crippen LogP contribution in [-0.4, -0.2) is 49.6 Å². The minimum atomic E-state index is -0.875. The second-order valence-electron chi connectivity index (χ2n) is 7.51. The van der Waals surface area contributed by atoms with Gasteiger partial charge in [-0.15, -0.1) is 0 Å². The third-order valence-electron chi connectivity index (χ3n) is 5.00. The first kappa shape index (κ1) is 18.6. The van der Waals surface area contributed by atoms with Crippen molar-refractivity contribution in [1.29, 1.82) is 0 Å². The topological polar surface area (TPSA) is 71.2 Å². The molecule has 0 aliphatic carbocycles. The van der Waals surface area contributed by atoms with Crippen LogP contribution in [0.15, 0.2) is 36.9 Å². The second-order valence-corrected chi connectivity index (χ2v) is 7.51. The Bertz CT molecular complexity index is 706. The number of rotatable bonds is 6. The molecule has 1 aliphatic rings. The van der Waals surface area contributed by atoms with Crippen LogP contribution in [-0.2, 0) is 11.3 Å². The highest BCUT2D eigenvalue weighted by molar-refractivity contribution is 5.80. The number of piperidine rings is 1. The van der Waals surface area contributed by atoms with Gasteiger partial charge in [-0.05, 0) is 42.9 Å². The molecule has 1 amide bonds. The van der Waals surface area contributed by atoms with Crippen molar-refractivity contribution in [2.45, 2.75) is 51.7 Å². The maximum absolute atomic E-state index is 12.4. The summed E-state index contributed by atoms with van der Waals surface area (Å²) >= 11 is 0. The van der Waals surface area contributed by atoms with Crippen LogP contribution >= 0.6 is 0 Å². The Labute approximate surface area is 154 Å². The lowest BCUT2D eigenvalue weighted by molar-refractivity contribution is -0.142. The van der Waals surface area contributed by atoms with Gasteiger partial charge in [0.25, 0.3) is 5.91 Å². The maximum Gasteiger partial charge on any atom is 0.251 e. The van der Waals surface area contributed by atoms with Crippen molar-refractivity contribution < 1.29 is 9.90 Å². The van der Waals surface area contributed by atoms with Crippen LogP contribution in [0.2, 0.25) is 0 Å². The van der Waals surface area contributed by atoms with Crippen molar-refractivity contribution in [3.8, 4) is 0 Å². The van der Waals surface area contributed by atoms with Gasteiger partial charge >= 0.3 is 0 Å². The van der Waals surface area contributed by atoms with Gasteiger partial charge in [0.15, 0.2) is 0 Å². The fraction of sp³-hybridized carbons (Fsp3) is 0.550. The van der Waals surface area contributed by atoms with Crippen LogP contribution in [0.1, 0.15) is 50.4 Å². The van der Waals surface area contributed by atoms with E-state index in [9.17, 15) is 9.90 Å². The largest absolute Gasteiger partial charge is 0.383 e. The summed E-state index contributed by atoms with van der Waals surface area (Å²) in [4.78, 5) is 22.8. The minimum absolute atomic E-state index is 0.128. The van der Waals surface area contributed by atoms with Crippen LogP contribution < -0.4 is 0 Å². The SMILES string of the molecule is CC(C)C[C@@H](O)C(=O)N1CCC(c2nccn2Cc2ccncc2)CC1. The van der Waals surface area contributed by atoms with Crippen molar-refractivity contribution in [2.75, 3.05) is 13.1 Å². The average molecular weight is 356 g/mol. The summed E-state index contributed by atoms with van der Waals surface area (Å²) in [6.07, 6.45) is 8.88. The number of pyridine rings is 1. The normalized spacial score (nSPS) is 16.8. The van der Waals surface area contributed by atoms with Gasteiger partial charge in [0.05, 0.1) is 0 Å². The Kier molecular flexibility index (Phi) is 6.04. The number of likely N-dealkylation sites (tertiary alicyclic amines) is 1. The van der Waals surface area contributed by atoms with Gasteiger partial charge in [0.1, 0.15) is 11.9 Å². The van der Waals surface area contributed by atoms with Gasteiger partial charge in [-0.25, -0.2) is 4.98 Å². The van der Waals surface area contributed by atoms with E-state index in [1.165, 1.54) is 5.56 Å². The first-order valence-corrected chi connectivity index (χ1v) is 9.41. The first-order valence-electron chi connectivity index (χ1n) is 9.41. The molecule has 26 heavy (non-hydrogen) atoms. The monoisotopic (exact) mass is 356 g/mol. The van der Waals surface area contributed by atoms with E-state index in [0.717, 1.165) is 25.2 Å². The Morgan fingerprint density at radius 3 is 2.58 bits per heavy atom. The van der Waals surface area contributed by atoms with Crippen LogP contribution in [0.5, 0.6) is 0 Å². The standard InChI is InChI=1S/C20H28N4O2/c1-15(2)13-18(25)20(26)23-10-5-17(6-11-23)19-22-9-12-24(19)14-16-3-7-21-8-4-16/h3-4,7-9,12,15,17-18,25H,5-6,10-11,13-14H2,1-2H3/t18-/m1/s1. The van der Waals surface area contributed by atoms with Crippen LogP contribution in [0, 0.1) is 5.92 Å². The van der Waals surface area contributed by atoms with Crippen molar-refractivity contribution in [2.24, 2.45) is 5.92 Å². The molecule has 3 heterocycles. The molecular formula is C20H28N4O2. The second kappa shape index (κ2) is 8.45. The van der Waals surface area contributed by atoms with E-state index in [4.69, 9.17) is 0 Å². The van der Waals surface area contributed by atoms with Gasteiger partial charge < -0.3 is 14.6 Å². The third kappa shape index (κ3) is 4.49. The molecule has 1 atom stereocenters. The highest BCUT2D eigenvalue weighted by Crippen LogP contribution is 2.28. The molecule has 1 N–H and O–H groups in total. The smallest absolute Gasteiger partial charge is 0.251 e. The van der Waals surface area contributed by atoms with E-state index >= 15 is 0 Å². The summed E-state index contributed by atoms with van der Waals surface area (Å²) in [5.74, 6) is 1.61. The zero-order valence-electron chi connectivity index (χ0n) is 15.6. The number of hydrogen-bond acceptors (Lipinski definition) is 4. The Morgan fingerprint density at radius 2 is 1.92 bits per heavy atom. The predicted octanol–water partition coefficient (Wildman–Crippen LogP) is 2.44. The van der Waals surface area contributed by atoms with Gasteiger partial charge in [0, 0.05) is 50.3 Å². The number of carbonyl (C=O) groups excluding carboxylic acids is 1. The number of carbonyl (C=O) groups is 1. The quantitative estimate of drug-likeness (QED) is 0.863. The Hall–Kier alpha value is -2.21. The molecule has 2 aromatic heterocycles. The number of imidazole rings is 1. The summed E-state index contributed by atoms with van der Waals surface area (Å²) in [5, 5.41) is 10.1. The van der Waals surface area contributed by atoms with Crippen LogP contribution in [0.25, 0.3) is 0 Å². The molecule has 0 aromatic carbocycles. The van der Waals surface area contributed by atoms with Gasteiger partial charge in [0.2, 0.25) is 0 Å². The number of amides is 1. The number of nitrogens with zero attached hydrogens (tertiary/aromatic N) is 4. The number of aliphatic hydroxyl groups excluding tert-OH is 1. The molecule has 140 valence electrons. The predicted molar refractivity (Wildman–Crippen MR) is 99.6 cm³/mol. The molecule has 1 aliphatic heterocycles. The van der Waals surface area contributed by atoms with E-state index in [1.807, 2.05) is 38.4 Å². The molecule has 0 bridgehead atoms. The third-order valence-corrected chi connectivity index (χ3v) is 5.00. The molecule has 1 saturated heterocycles. The molecule has 0 radical (unpaired) electrons. The van der Waals surface area contributed by atoms with Crippen molar-refractivity contribution in [3.63, 3.8) is 0 Å². The number of aliphatic hydroxyl groups is 1. The van der Waals surface area contributed by atoms with Crippen molar-refractivity contribution in [1.82, 2.24) is 19.4 Å². The highest BCUT2D eigenvalue weighted by atomic mass is 16.3. The maximum atomic E-state index is 12.4. The fourth-order valence-electron chi connectivity index (χ4n) is 3.62. The molecule has 1 fully saturated rings. The van der Waals surface area contributed by atoms with E-state index < -0.39 is 6.10 Å². The van der Waals surface area contributed by atoms with Gasteiger partial charge in [-0.3, -0.25) is 9.78 Å². The van der Waals surface area contributed by atoms with Crippen molar-refractivity contribution in [3.05, 3.63) is 48.3 Å². The molecule has 2 aromatic rings. The van der Waals surface area contributed by atoms with Crippen molar-refractivity contribution >= 4 is 5.91 Å². The highest BCUT2D eigenvalue weighted by Gasteiger charge is 2.29. The lowest BCUT2D eigenvalue weighted by Crippen LogP contribution is -2.44. The summed E-state index contributed by atoms with van der Waals surface area (Å²) in [6, 6.07) is 4.03. The summed E-state index contributed by atoms with van der Waals surface area (Å²) in [6.45, 7) is 6.18. The van der Waals surface area contributed by atoms with Gasteiger partial charge in [-0.1, -0.05) is 13.8 Å². The Morgan fingerprint density at radius 1 is 1.23 bits per heavy atom. The first-order chi connectivity index (χ1) is 12.5. The fourth-order valence-corrected chi connectivity index (χ4v) is 3.62. The lowest BCUT2D eigenvalue weighted by atomic mass is 9.95. The molecular weight excluding hydrogens is 328 g/mol. The molecule has 6 nitrogen and oxygen atoms in total. The number of aromatic nitrogens is 3. The molecule has 6 heteroatoms. The molecule has 0 spiro atoms. The molecule has 3 rings (SSSR count). The van der Waals surface area contributed by atoms with Crippen LogP contribution in [0.3, 0.4) is 0 Å². The molecule has 0 saturated carbocycles. The molecule has 0 unspecified atom stereocenters. The zero-order chi connectivity index (χ0) is 18.5. The Balaban J connectivity index is 1.59. The summed E-state index contributed by atoms with van der Waals surface area (Å²) in [5.41, 5.74) is 1.20. The van der Waals surface area contributed by atoms with E-state index in [1.54, 1.807) is 17.3 Å². The number of hydrogen-bond donors (Lipinski definition) is 1. The average Bonchev–Trinajstić information content (AvgIpc) is 3.09. The summed E-state index contributed by atoms with van der Waals surface area (Å²) < 4.78 is 2.19. The zero-order valence-corrected chi connectivity index (χ0v) is 15.6. The summed E-state index contributed by atoms with van der Waals surface area (Å²) in [7, 11) is 0.